The second kappa shape index (κ2) is 13.7. The molecule has 1 aliphatic rings. The first kappa shape index (κ1) is 33.0. The van der Waals surface area contributed by atoms with Crippen molar-refractivity contribution in [2.75, 3.05) is 0 Å². The third kappa shape index (κ3) is 5.99. The Kier molecular flexibility index (Phi) is 7.92. The summed E-state index contributed by atoms with van der Waals surface area (Å²) < 4.78 is 6.71. The first-order valence-corrected chi connectivity index (χ1v) is 19.5. The highest BCUT2D eigenvalue weighted by molar-refractivity contribution is 6.15. The second-order valence-corrected chi connectivity index (χ2v) is 14.7. The van der Waals surface area contributed by atoms with Gasteiger partial charge in [-0.2, -0.15) is 0 Å². The number of rotatable bonds is 6. The van der Waals surface area contributed by atoms with Crippen molar-refractivity contribution in [3.8, 4) is 67.5 Å². The Hall–Kier alpha value is -7.43. The van der Waals surface area contributed by atoms with E-state index in [0.717, 1.165) is 68.2 Å². The number of hydrogen-bond donors (Lipinski definition) is 0. The molecule has 57 heavy (non-hydrogen) atoms. The van der Waals surface area contributed by atoms with Crippen LogP contribution in [0, 0.1) is 0 Å². The maximum Gasteiger partial charge on any atom is 0.164 e. The number of fused-ring (bicyclic) bond motifs is 5. The lowest BCUT2D eigenvalue weighted by Gasteiger charge is -2.13. The maximum absolute atomic E-state index is 6.71. The Morgan fingerprint density at radius 3 is 1.89 bits per heavy atom. The molecule has 0 saturated heterocycles. The molecule has 0 spiro atoms. The lowest BCUT2D eigenvalue weighted by atomic mass is 9.95. The summed E-state index contributed by atoms with van der Waals surface area (Å²) in [5.41, 5.74) is 13.8. The Morgan fingerprint density at radius 2 is 1.05 bits per heavy atom. The van der Waals surface area contributed by atoms with Crippen LogP contribution in [0.5, 0.6) is 0 Å². The molecular weight excluding hydrogens is 695 g/mol. The third-order valence-corrected chi connectivity index (χ3v) is 11.2. The van der Waals surface area contributed by atoms with Gasteiger partial charge in [-0.15, -0.1) is 0 Å². The van der Waals surface area contributed by atoms with Gasteiger partial charge in [-0.3, -0.25) is 0 Å². The van der Waals surface area contributed by atoms with Crippen molar-refractivity contribution >= 4 is 38.8 Å². The summed E-state index contributed by atoms with van der Waals surface area (Å²) in [5, 5.41) is 4.46. The van der Waals surface area contributed by atoms with E-state index in [9.17, 15) is 0 Å². The standard InChI is InChI=1S/C53H35N3O/c1-2-10-34(11-3-1)37-20-26-39(27-21-37)45-16-8-17-46-49-47(18-9-19-48(49)57-50(45)46)53-55-51(54-52(56-53)44-31-25-36-13-5-7-15-42(36)33-44)40-28-22-38(23-29-40)43-30-24-35-12-4-6-14-41(35)32-43/h1-6,8-14,16-33H,7,15H2. The molecule has 0 aliphatic heterocycles. The molecule has 4 nitrogen and oxygen atoms in total. The zero-order chi connectivity index (χ0) is 37.7. The highest BCUT2D eigenvalue weighted by Gasteiger charge is 2.20. The molecule has 0 atom stereocenters. The van der Waals surface area contributed by atoms with E-state index < -0.39 is 0 Å². The van der Waals surface area contributed by atoms with Gasteiger partial charge in [0.1, 0.15) is 11.2 Å². The monoisotopic (exact) mass is 729 g/mol. The first-order chi connectivity index (χ1) is 28.2. The van der Waals surface area contributed by atoms with E-state index in [2.05, 4.69) is 170 Å². The summed E-state index contributed by atoms with van der Waals surface area (Å²) in [4.78, 5) is 15.6. The van der Waals surface area contributed by atoms with Crippen LogP contribution in [-0.4, -0.2) is 15.0 Å². The molecule has 0 N–H and O–H groups in total. The summed E-state index contributed by atoms with van der Waals surface area (Å²) in [6.07, 6.45) is 6.48. The van der Waals surface area contributed by atoms with Crippen LogP contribution < -0.4 is 0 Å². The van der Waals surface area contributed by atoms with Gasteiger partial charge in [0.05, 0.1) is 0 Å². The summed E-state index contributed by atoms with van der Waals surface area (Å²) in [7, 11) is 0. The van der Waals surface area contributed by atoms with Gasteiger partial charge >= 0.3 is 0 Å². The minimum absolute atomic E-state index is 0.608. The van der Waals surface area contributed by atoms with Gasteiger partial charge < -0.3 is 4.42 Å². The van der Waals surface area contributed by atoms with Crippen molar-refractivity contribution < 1.29 is 4.42 Å². The summed E-state index contributed by atoms with van der Waals surface area (Å²) in [6.45, 7) is 0. The van der Waals surface area contributed by atoms with Gasteiger partial charge in [0, 0.05) is 33.0 Å². The average molecular weight is 730 g/mol. The fourth-order valence-electron chi connectivity index (χ4n) is 8.24. The zero-order valence-corrected chi connectivity index (χ0v) is 31.1. The number of hydrogen-bond acceptors (Lipinski definition) is 4. The van der Waals surface area contributed by atoms with Crippen LogP contribution >= 0.6 is 0 Å². The number of furan rings is 1. The minimum Gasteiger partial charge on any atom is -0.455 e. The van der Waals surface area contributed by atoms with Gasteiger partial charge in [0.2, 0.25) is 0 Å². The lowest BCUT2D eigenvalue weighted by molar-refractivity contribution is 0.670. The Morgan fingerprint density at radius 1 is 0.421 bits per heavy atom. The molecule has 11 rings (SSSR count). The fraction of sp³-hybridized carbons (Fsp3) is 0.0377. The van der Waals surface area contributed by atoms with Gasteiger partial charge in [0.25, 0.3) is 0 Å². The molecular formula is C53H35N3O. The molecule has 0 unspecified atom stereocenters. The number of nitrogens with zero attached hydrogens (tertiary/aromatic N) is 3. The van der Waals surface area contributed by atoms with Gasteiger partial charge in [0.15, 0.2) is 17.5 Å². The highest BCUT2D eigenvalue weighted by atomic mass is 16.3. The fourth-order valence-corrected chi connectivity index (χ4v) is 8.24. The molecule has 0 saturated carbocycles. The number of para-hydroxylation sites is 1. The zero-order valence-electron chi connectivity index (χ0n) is 31.1. The number of aromatic nitrogens is 3. The van der Waals surface area contributed by atoms with Crippen LogP contribution in [0.25, 0.3) is 106 Å². The molecule has 0 radical (unpaired) electrons. The van der Waals surface area contributed by atoms with Crippen LogP contribution in [0.4, 0.5) is 0 Å². The molecule has 2 aromatic heterocycles. The van der Waals surface area contributed by atoms with E-state index in [-0.39, 0.29) is 0 Å². The highest BCUT2D eigenvalue weighted by Crippen LogP contribution is 2.41. The third-order valence-electron chi connectivity index (χ3n) is 11.2. The normalized spacial score (nSPS) is 12.4. The maximum atomic E-state index is 6.71. The van der Waals surface area contributed by atoms with Crippen LogP contribution in [0.1, 0.15) is 17.5 Å². The second-order valence-electron chi connectivity index (χ2n) is 14.7. The van der Waals surface area contributed by atoms with Crippen molar-refractivity contribution in [2.24, 2.45) is 0 Å². The largest absolute Gasteiger partial charge is 0.455 e. The molecule has 2 heterocycles. The molecule has 0 amide bonds. The topological polar surface area (TPSA) is 51.8 Å². The summed E-state index contributed by atoms with van der Waals surface area (Å²) in [5.74, 6) is 1.88. The molecule has 10 aromatic rings. The van der Waals surface area contributed by atoms with Crippen molar-refractivity contribution in [1.29, 1.82) is 0 Å². The first-order valence-electron chi connectivity index (χ1n) is 19.5. The van der Waals surface area contributed by atoms with Crippen molar-refractivity contribution in [3.05, 3.63) is 193 Å². The summed E-state index contributed by atoms with van der Waals surface area (Å²) >= 11 is 0. The number of benzene rings is 8. The molecule has 4 heteroatoms. The van der Waals surface area contributed by atoms with Crippen LogP contribution in [0.3, 0.4) is 0 Å². The van der Waals surface area contributed by atoms with Crippen molar-refractivity contribution in [2.45, 2.75) is 12.8 Å². The Labute approximate surface area is 330 Å². The lowest BCUT2D eigenvalue weighted by Crippen LogP contribution is -2.02. The van der Waals surface area contributed by atoms with Gasteiger partial charge in [-0.25, -0.2) is 15.0 Å². The minimum atomic E-state index is 0.608. The number of aryl methyl sites for hydroxylation is 1. The quantitative estimate of drug-likeness (QED) is 0.171. The smallest absolute Gasteiger partial charge is 0.164 e. The van der Waals surface area contributed by atoms with E-state index in [0.29, 0.717) is 17.5 Å². The molecule has 0 fully saturated rings. The van der Waals surface area contributed by atoms with E-state index in [1.165, 1.54) is 38.6 Å². The Bertz CT molecular complexity index is 3160. The molecule has 0 bridgehead atoms. The van der Waals surface area contributed by atoms with Gasteiger partial charge in [-0.1, -0.05) is 170 Å². The Balaban J connectivity index is 1.04. The number of allylic oxidation sites excluding steroid dienone is 1. The van der Waals surface area contributed by atoms with E-state index in [4.69, 9.17) is 19.4 Å². The molecule has 8 aromatic carbocycles. The average Bonchev–Trinajstić information content (AvgIpc) is 3.68. The van der Waals surface area contributed by atoms with Gasteiger partial charge in [-0.05, 0) is 80.8 Å². The predicted octanol–water partition coefficient (Wildman–Crippen LogP) is 13.9. The molecule has 1 aliphatic carbocycles. The van der Waals surface area contributed by atoms with E-state index in [1.54, 1.807) is 0 Å². The summed E-state index contributed by atoms with van der Waals surface area (Å²) in [6, 6.07) is 61.9. The van der Waals surface area contributed by atoms with Crippen molar-refractivity contribution in [3.63, 3.8) is 0 Å². The van der Waals surface area contributed by atoms with E-state index in [1.807, 2.05) is 18.2 Å². The molecule has 268 valence electrons. The van der Waals surface area contributed by atoms with Crippen LogP contribution in [0.15, 0.2) is 186 Å². The van der Waals surface area contributed by atoms with Crippen molar-refractivity contribution in [1.82, 2.24) is 15.0 Å². The van der Waals surface area contributed by atoms with Crippen LogP contribution in [-0.2, 0) is 6.42 Å². The van der Waals surface area contributed by atoms with Crippen LogP contribution in [0.2, 0.25) is 0 Å². The van der Waals surface area contributed by atoms with E-state index >= 15 is 0 Å². The predicted molar refractivity (Wildman–Crippen MR) is 235 cm³/mol. The SMILES string of the molecule is C1=Cc2ccc(-c3nc(-c4ccc(-c5ccc6ccccc6c5)cc4)nc(-c4cccc5oc6c(-c7ccc(-c8ccccc8)cc7)cccc6c45)n3)cc2CC1.